The molecule has 2 rings (SSSR count). The fourth-order valence-corrected chi connectivity index (χ4v) is 5.26. The Bertz CT molecular complexity index is 400. The molecule has 0 saturated carbocycles. The monoisotopic (exact) mass is 303 g/mol. The molecule has 0 atom stereocenters. The summed E-state index contributed by atoms with van der Waals surface area (Å²) in [6.45, 7) is 3.87. The fraction of sp³-hybridized carbons (Fsp3) is 1.00. The Morgan fingerprint density at radius 3 is 2.20 bits per heavy atom. The number of nitrogens with zero attached hydrogens (tertiary/aromatic N) is 2. The van der Waals surface area contributed by atoms with E-state index in [2.05, 4.69) is 23.9 Å². The summed E-state index contributed by atoms with van der Waals surface area (Å²) >= 11 is 0. The molecule has 0 aromatic rings. The van der Waals surface area contributed by atoms with Crippen LogP contribution in [0.25, 0.3) is 0 Å². The molecule has 20 heavy (non-hydrogen) atoms. The summed E-state index contributed by atoms with van der Waals surface area (Å²) < 4.78 is 23.3. The molecule has 2 fully saturated rings. The average molecular weight is 303 g/mol. The van der Waals surface area contributed by atoms with Crippen molar-refractivity contribution >= 4 is 9.84 Å². The Labute approximate surface area is 123 Å². The summed E-state index contributed by atoms with van der Waals surface area (Å²) in [6, 6.07) is 0. The number of likely N-dealkylation sites (tertiary alicyclic amines) is 1. The van der Waals surface area contributed by atoms with Crippen LogP contribution in [-0.2, 0) is 9.84 Å². The zero-order valence-electron chi connectivity index (χ0n) is 12.8. The lowest BCUT2D eigenvalue weighted by molar-refractivity contribution is 0.0422. The highest BCUT2D eigenvalue weighted by atomic mass is 32.2. The Kier molecular flexibility index (Phi) is 5.10. The van der Waals surface area contributed by atoms with Crippen molar-refractivity contribution in [3.8, 4) is 0 Å². The second-order valence-corrected chi connectivity index (χ2v) is 9.08. The van der Waals surface area contributed by atoms with Crippen molar-refractivity contribution in [3.05, 3.63) is 0 Å². The lowest BCUT2D eigenvalue weighted by atomic mass is 9.86. The highest BCUT2D eigenvalue weighted by molar-refractivity contribution is 7.91. The molecule has 2 aliphatic heterocycles. The Hall–Kier alpha value is -0.170. The highest BCUT2D eigenvalue weighted by Gasteiger charge is 2.41. The van der Waals surface area contributed by atoms with E-state index >= 15 is 0 Å². The van der Waals surface area contributed by atoms with E-state index in [4.69, 9.17) is 5.73 Å². The molecule has 118 valence electrons. The van der Waals surface area contributed by atoms with Crippen LogP contribution in [0.3, 0.4) is 0 Å². The molecule has 0 spiro atoms. The van der Waals surface area contributed by atoms with Crippen LogP contribution in [0.4, 0.5) is 0 Å². The maximum Gasteiger partial charge on any atom is 0.150 e. The smallest absolute Gasteiger partial charge is 0.150 e. The van der Waals surface area contributed by atoms with Gasteiger partial charge in [0.05, 0.1) is 11.5 Å². The normalized spacial score (nSPS) is 27.8. The summed E-state index contributed by atoms with van der Waals surface area (Å²) in [5.74, 6) is 1.38. The van der Waals surface area contributed by atoms with Crippen molar-refractivity contribution in [2.45, 2.75) is 31.2 Å². The van der Waals surface area contributed by atoms with Gasteiger partial charge < -0.3 is 10.6 Å². The van der Waals surface area contributed by atoms with E-state index in [1.165, 1.54) is 12.8 Å². The molecule has 2 N–H and O–H groups in total. The topological polar surface area (TPSA) is 66.6 Å². The fourth-order valence-electron chi connectivity index (χ4n) is 3.67. The number of rotatable bonds is 4. The lowest BCUT2D eigenvalue weighted by Gasteiger charge is -2.48. The second-order valence-electron chi connectivity index (χ2n) is 6.77. The number of piperidine rings is 1. The molecule has 0 aliphatic carbocycles. The number of sulfone groups is 1. The maximum absolute atomic E-state index is 11.6. The van der Waals surface area contributed by atoms with Crippen LogP contribution in [0.1, 0.15) is 25.7 Å². The zero-order chi connectivity index (χ0) is 14.8. The molecule has 2 aliphatic rings. The molecule has 6 heteroatoms. The van der Waals surface area contributed by atoms with Crippen molar-refractivity contribution in [2.75, 3.05) is 51.8 Å². The van der Waals surface area contributed by atoms with Crippen LogP contribution in [-0.4, -0.2) is 75.5 Å². The van der Waals surface area contributed by atoms with Crippen LogP contribution < -0.4 is 5.73 Å². The summed E-state index contributed by atoms with van der Waals surface area (Å²) in [7, 11) is 1.43. The minimum Gasteiger partial charge on any atom is -0.329 e. The van der Waals surface area contributed by atoms with E-state index < -0.39 is 9.84 Å². The third-order valence-corrected chi connectivity index (χ3v) is 6.70. The molecular weight excluding hydrogens is 274 g/mol. The number of hydrogen-bond acceptors (Lipinski definition) is 5. The van der Waals surface area contributed by atoms with Crippen LogP contribution in [0.5, 0.6) is 0 Å². The van der Waals surface area contributed by atoms with Crippen LogP contribution in [0.2, 0.25) is 0 Å². The summed E-state index contributed by atoms with van der Waals surface area (Å²) in [5, 5.41) is 0. The van der Waals surface area contributed by atoms with Gasteiger partial charge in [0, 0.05) is 18.6 Å². The van der Waals surface area contributed by atoms with Gasteiger partial charge in [-0.3, -0.25) is 4.90 Å². The largest absolute Gasteiger partial charge is 0.329 e. The van der Waals surface area contributed by atoms with Gasteiger partial charge in [0.25, 0.3) is 0 Å². The second kappa shape index (κ2) is 6.30. The molecule has 5 nitrogen and oxygen atoms in total. The predicted octanol–water partition coefficient (Wildman–Crippen LogP) is 0.166. The van der Waals surface area contributed by atoms with Gasteiger partial charge in [0.2, 0.25) is 0 Å². The molecule has 0 amide bonds. The molecule has 0 bridgehead atoms. The van der Waals surface area contributed by atoms with Gasteiger partial charge in [-0.2, -0.15) is 0 Å². The van der Waals surface area contributed by atoms with Crippen LogP contribution >= 0.6 is 0 Å². The van der Waals surface area contributed by atoms with Gasteiger partial charge in [-0.1, -0.05) is 0 Å². The average Bonchev–Trinajstić information content (AvgIpc) is 2.40. The first-order valence-corrected chi connectivity index (χ1v) is 9.49. The molecule has 2 heterocycles. The van der Waals surface area contributed by atoms with E-state index in [9.17, 15) is 8.42 Å². The molecule has 2 saturated heterocycles. The van der Waals surface area contributed by atoms with Gasteiger partial charge in [0.15, 0.2) is 0 Å². The molecule has 0 radical (unpaired) electrons. The third-order valence-electron chi connectivity index (χ3n) is 5.05. The van der Waals surface area contributed by atoms with Crippen molar-refractivity contribution in [2.24, 2.45) is 11.7 Å². The van der Waals surface area contributed by atoms with Crippen molar-refractivity contribution < 1.29 is 8.42 Å². The summed E-state index contributed by atoms with van der Waals surface area (Å²) in [4.78, 5) is 4.74. The summed E-state index contributed by atoms with van der Waals surface area (Å²) in [5.41, 5.74) is 5.97. The Balaban J connectivity index is 1.94. The standard InChI is InChI=1S/C14H29N3O2S/c1-16(2)11-13-3-7-17(8-4-13)14(12-15)5-9-20(18,19)10-6-14/h13H,3-12,15H2,1-2H3. The minimum absolute atomic E-state index is 0.0611. The number of hydrogen-bond donors (Lipinski definition) is 1. The molecule has 0 aromatic heterocycles. The van der Waals surface area contributed by atoms with Crippen molar-refractivity contribution in [1.29, 1.82) is 0 Å². The lowest BCUT2D eigenvalue weighted by Crippen LogP contribution is -2.59. The quantitative estimate of drug-likeness (QED) is 0.802. The van der Waals surface area contributed by atoms with Gasteiger partial charge in [-0.05, 0) is 58.8 Å². The summed E-state index contributed by atoms with van der Waals surface area (Å²) in [6.07, 6.45) is 3.83. The first kappa shape index (κ1) is 16.2. The Morgan fingerprint density at radius 2 is 1.75 bits per heavy atom. The highest BCUT2D eigenvalue weighted by Crippen LogP contribution is 2.33. The van der Waals surface area contributed by atoms with Gasteiger partial charge in [0.1, 0.15) is 9.84 Å². The van der Waals surface area contributed by atoms with Gasteiger partial charge in [-0.25, -0.2) is 8.42 Å². The minimum atomic E-state index is -2.82. The van der Waals surface area contributed by atoms with Gasteiger partial charge >= 0.3 is 0 Å². The number of nitrogens with two attached hydrogens (primary N) is 1. The van der Waals surface area contributed by atoms with Gasteiger partial charge in [-0.15, -0.1) is 0 Å². The maximum atomic E-state index is 11.6. The molecular formula is C14H29N3O2S. The van der Waals surface area contributed by atoms with E-state index in [0.29, 0.717) is 30.9 Å². The third kappa shape index (κ3) is 3.72. The van der Waals surface area contributed by atoms with E-state index in [-0.39, 0.29) is 5.54 Å². The molecule has 0 unspecified atom stereocenters. The first-order valence-electron chi connectivity index (χ1n) is 7.67. The van der Waals surface area contributed by atoms with Crippen LogP contribution in [0.15, 0.2) is 0 Å². The zero-order valence-corrected chi connectivity index (χ0v) is 13.7. The molecule has 0 aromatic carbocycles. The van der Waals surface area contributed by atoms with E-state index in [1.54, 1.807) is 0 Å². The van der Waals surface area contributed by atoms with E-state index in [1.807, 2.05) is 0 Å². The Morgan fingerprint density at radius 1 is 1.20 bits per heavy atom. The van der Waals surface area contributed by atoms with Crippen molar-refractivity contribution in [1.82, 2.24) is 9.80 Å². The van der Waals surface area contributed by atoms with Crippen molar-refractivity contribution in [3.63, 3.8) is 0 Å². The SMILES string of the molecule is CN(C)CC1CCN(C2(CN)CCS(=O)(=O)CC2)CC1. The predicted molar refractivity (Wildman–Crippen MR) is 82.5 cm³/mol. The van der Waals surface area contributed by atoms with E-state index in [0.717, 1.165) is 25.6 Å². The van der Waals surface area contributed by atoms with Crippen LogP contribution in [0, 0.1) is 5.92 Å². The first-order chi connectivity index (χ1) is 9.37.